The normalized spacial score (nSPS) is 11.5. The lowest BCUT2D eigenvalue weighted by atomic mass is 9.99. The molecule has 12 aromatic rings. The van der Waals surface area contributed by atoms with E-state index in [0.717, 1.165) is 60.8 Å². The van der Waals surface area contributed by atoms with E-state index in [1.807, 2.05) is 6.07 Å². The first kappa shape index (κ1) is 35.5. The fraction of sp³-hybridized carbons (Fsp3) is 0. The smallest absolute Gasteiger partial charge is 0.238 e. The Morgan fingerprint density at radius 3 is 1.26 bits per heavy atom. The summed E-state index contributed by atoms with van der Waals surface area (Å²) in [6.07, 6.45) is 0. The predicted octanol–water partition coefficient (Wildman–Crippen LogP) is 14.4. The van der Waals surface area contributed by atoms with E-state index in [-0.39, 0.29) is 0 Å². The fourth-order valence-electron chi connectivity index (χ4n) is 9.05. The number of hydrogen-bond acceptors (Lipinski definition) is 3. The van der Waals surface area contributed by atoms with Crippen LogP contribution >= 0.6 is 0 Å². The summed E-state index contributed by atoms with van der Waals surface area (Å²) in [6.45, 7) is 0. The van der Waals surface area contributed by atoms with Gasteiger partial charge >= 0.3 is 0 Å². The molecule has 3 aromatic heterocycles. The summed E-state index contributed by atoms with van der Waals surface area (Å²) in [4.78, 5) is 16.0. The molecule has 0 bridgehead atoms. The summed E-state index contributed by atoms with van der Waals surface area (Å²) < 4.78 is 4.54. The summed E-state index contributed by atoms with van der Waals surface area (Å²) in [7, 11) is 0. The van der Waals surface area contributed by atoms with Gasteiger partial charge < -0.3 is 4.57 Å². The highest BCUT2D eigenvalue weighted by Crippen LogP contribution is 2.39. The lowest BCUT2D eigenvalue weighted by Crippen LogP contribution is -2.07. The van der Waals surface area contributed by atoms with Crippen LogP contribution in [0, 0.1) is 0 Å². The third kappa shape index (κ3) is 5.98. The third-order valence-corrected chi connectivity index (χ3v) is 12.0. The second-order valence-electron chi connectivity index (χ2n) is 15.6. The van der Waals surface area contributed by atoms with E-state index in [9.17, 15) is 0 Å². The monoisotopic (exact) mass is 791 g/mol. The molecule has 290 valence electrons. The number of fused-ring (bicyclic) bond motifs is 6. The number of rotatable bonds is 7. The van der Waals surface area contributed by atoms with Gasteiger partial charge in [-0.3, -0.25) is 4.57 Å². The first-order valence-electron chi connectivity index (χ1n) is 20.9. The van der Waals surface area contributed by atoms with Crippen LogP contribution in [0.1, 0.15) is 0 Å². The van der Waals surface area contributed by atoms with Crippen molar-refractivity contribution in [2.75, 3.05) is 0 Å². The molecule has 0 N–H and O–H groups in total. The molecule has 0 aliphatic carbocycles. The Morgan fingerprint density at radius 1 is 0.258 bits per heavy atom. The second-order valence-corrected chi connectivity index (χ2v) is 15.6. The zero-order valence-corrected chi connectivity index (χ0v) is 33.6. The van der Waals surface area contributed by atoms with Crippen molar-refractivity contribution in [2.24, 2.45) is 0 Å². The molecule has 5 heteroatoms. The zero-order valence-electron chi connectivity index (χ0n) is 33.6. The molecule has 0 amide bonds. The minimum Gasteiger partial charge on any atom is -0.309 e. The average molecular weight is 792 g/mol. The quantitative estimate of drug-likeness (QED) is 0.162. The van der Waals surface area contributed by atoms with Gasteiger partial charge in [0, 0.05) is 32.7 Å². The van der Waals surface area contributed by atoms with Crippen molar-refractivity contribution in [3.8, 4) is 67.8 Å². The molecule has 9 aromatic carbocycles. The van der Waals surface area contributed by atoms with Crippen LogP contribution in [-0.4, -0.2) is 24.1 Å². The van der Waals surface area contributed by atoms with Gasteiger partial charge in [-0.1, -0.05) is 182 Å². The predicted molar refractivity (Wildman–Crippen MR) is 256 cm³/mol. The van der Waals surface area contributed by atoms with Crippen molar-refractivity contribution in [1.82, 2.24) is 24.1 Å². The van der Waals surface area contributed by atoms with Crippen LogP contribution in [-0.2, 0) is 0 Å². The van der Waals surface area contributed by atoms with Crippen LogP contribution in [0.3, 0.4) is 0 Å². The molecular weight excluding hydrogens is 755 g/mol. The van der Waals surface area contributed by atoms with Gasteiger partial charge in [0.2, 0.25) is 5.95 Å². The Labute approximate surface area is 358 Å². The molecule has 3 heterocycles. The van der Waals surface area contributed by atoms with Crippen molar-refractivity contribution < 1.29 is 0 Å². The van der Waals surface area contributed by atoms with Gasteiger partial charge in [-0.05, 0) is 75.8 Å². The summed E-state index contributed by atoms with van der Waals surface area (Å²) in [6, 6.07) is 79.3. The average Bonchev–Trinajstić information content (AvgIpc) is 3.87. The molecule has 0 unspecified atom stereocenters. The zero-order chi connectivity index (χ0) is 41.0. The van der Waals surface area contributed by atoms with E-state index in [1.54, 1.807) is 0 Å². The van der Waals surface area contributed by atoms with Crippen molar-refractivity contribution in [3.63, 3.8) is 0 Å². The van der Waals surface area contributed by atoms with Gasteiger partial charge in [0.1, 0.15) is 0 Å². The minimum absolute atomic E-state index is 0.564. The molecule has 0 fully saturated rings. The molecule has 0 saturated heterocycles. The lowest BCUT2D eigenvalue weighted by Gasteiger charge is -2.15. The topological polar surface area (TPSA) is 48.5 Å². The van der Waals surface area contributed by atoms with E-state index >= 15 is 0 Å². The summed E-state index contributed by atoms with van der Waals surface area (Å²) >= 11 is 0. The van der Waals surface area contributed by atoms with Gasteiger partial charge in [-0.15, -0.1) is 0 Å². The van der Waals surface area contributed by atoms with Gasteiger partial charge in [-0.25, -0.2) is 4.98 Å². The van der Waals surface area contributed by atoms with E-state index < -0.39 is 0 Å². The number of benzene rings is 9. The maximum Gasteiger partial charge on any atom is 0.238 e. The Bertz CT molecular complexity index is 3550. The molecule has 0 radical (unpaired) electrons. The molecule has 12 rings (SSSR count). The Hall–Kier alpha value is -8.41. The van der Waals surface area contributed by atoms with Crippen LogP contribution in [0.25, 0.3) is 111 Å². The van der Waals surface area contributed by atoms with Gasteiger partial charge in [-0.2, -0.15) is 9.97 Å². The summed E-state index contributed by atoms with van der Waals surface area (Å²) in [5.74, 6) is 1.76. The van der Waals surface area contributed by atoms with Crippen LogP contribution in [0.5, 0.6) is 0 Å². The van der Waals surface area contributed by atoms with Crippen LogP contribution < -0.4 is 0 Å². The largest absolute Gasteiger partial charge is 0.309 e. The van der Waals surface area contributed by atoms with E-state index in [1.165, 1.54) is 33.0 Å². The minimum atomic E-state index is 0.564. The van der Waals surface area contributed by atoms with Crippen LogP contribution in [0.4, 0.5) is 0 Å². The van der Waals surface area contributed by atoms with E-state index in [4.69, 9.17) is 15.0 Å². The number of nitrogens with zero attached hydrogens (tertiary/aromatic N) is 5. The summed E-state index contributed by atoms with van der Waals surface area (Å²) in [5.41, 5.74) is 14.2. The Balaban J connectivity index is 1.04. The first-order valence-corrected chi connectivity index (χ1v) is 20.9. The molecule has 0 aliphatic heterocycles. The Morgan fingerprint density at radius 2 is 0.661 bits per heavy atom. The van der Waals surface area contributed by atoms with E-state index in [0.29, 0.717) is 17.6 Å². The van der Waals surface area contributed by atoms with Gasteiger partial charge in [0.05, 0.1) is 27.8 Å². The number of hydrogen-bond donors (Lipinski definition) is 0. The lowest BCUT2D eigenvalue weighted by molar-refractivity contribution is 0.951. The third-order valence-electron chi connectivity index (χ3n) is 12.0. The van der Waals surface area contributed by atoms with Crippen molar-refractivity contribution in [3.05, 3.63) is 224 Å². The van der Waals surface area contributed by atoms with Gasteiger partial charge in [0.15, 0.2) is 11.6 Å². The SMILES string of the molecule is c1ccc(-c2ccc(-c3ccc4c(c3)c3ccccc3n4-c3ccccc3-c3nc(-c4ccc(-c5ccccc5)cc4)nc(-n4c5ccccc5c5ccccc54)n3)cc2)cc1. The molecule has 0 saturated carbocycles. The molecule has 62 heavy (non-hydrogen) atoms. The first-order chi connectivity index (χ1) is 30.7. The van der Waals surface area contributed by atoms with E-state index in [2.05, 4.69) is 228 Å². The number of aromatic nitrogens is 5. The summed E-state index contributed by atoms with van der Waals surface area (Å²) in [5, 5.41) is 4.66. The highest BCUT2D eigenvalue weighted by atomic mass is 15.2. The van der Waals surface area contributed by atoms with Crippen LogP contribution in [0.15, 0.2) is 224 Å². The van der Waals surface area contributed by atoms with Gasteiger partial charge in [0.25, 0.3) is 0 Å². The van der Waals surface area contributed by atoms with Crippen molar-refractivity contribution in [2.45, 2.75) is 0 Å². The standard InChI is InChI=1S/C57H37N5/c1-3-15-38(16-4-1)40-27-29-42(30-28-40)44-35-36-54-49(37-44)47-21-9-11-23-50(47)61(54)53-26-14-10-22-48(53)56-58-55(43-33-31-41(32-34-43)39-17-5-2-6-18-39)59-57(60-56)62-51-24-12-7-19-45(51)46-20-8-13-25-52(46)62/h1-37H. The molecule has 5 nitrogen and oxygen atoms in total. The second kappa shape index (κ2) is 14.7. The molecular formula is C57H37N5. The highest BCUT2D eigenvalue weighted by Gasteiger charge is 2.21. The molecule has 0 atom stereocenters. The maximum atomic E-state index is 5.38. The maximum absolute atomic E-state index is 5.38. The molecule has 0 aliphatic rings. The Kier molecular flexibility index (Phi) is 8.42. The van der Waals surface area contributed by atoms with Crippen molar-refractivity contribution in [1.29, 1.82) is 0 Å². The number of para-hydroxylation sites is 4. The van der Waals surface area contributed by atoms with Crippen LogP contribution in [0.2, 0.25) is 0 Å². The molecule has 0 spiro atoms. The highest BCUT2D eigenvalue weighted by molar-refractivity contribution is 6.11. The van der Waals surface area contributed by atoms with Crippen molar-refractivity contribution >= 4 is 43.6 Å². The fourth-order valence-corrected chi connectivity index (χ4v) is 9.05.